The zero-order valence-corrected chi connectivity index (χ0v) is 3.90. The lowest BCUT2D eigenvalue weighted by Crippen LogP contribution is -1.89. The molecule has 4 heteroatoms. The van der Waals surface area contributed by atoms with Gasteiger partial charge in [-0.05, 0) is 5.16 Å². The normalized spacial score (nSPS) is 16.8. The first-order chi connectivity index (χ1) is 3.89. The Balaban J connectivity index is 2.64. The molecule has 4 nitrogen and oxygen atoms in total. The van der Waals surface area contributed by atoms with Crippen molar-refractivity contribution in [3.8, 4) is 0 Å². The van der Waals surface area contributed by atoms with E-state index in [1.165, 1.54) is 6.08 Å². The van der Waals surface area contributed by atoms with E-state index in [-0.39, 0.29) is 5.78 Å². The maximum atomic E-state index is 10.3. The molecule has 0 saturated heterocycles. The summed E-state index contributed by atoms with van der Waals surface area (Å²) < 4.78 is 0. The minimum absolute atomic E-state index is 0.248. The largest absolute Gasteiger partial charge is 0.288 e. The molecule has 0 unspecified atom stereocenters. The predicted molar refractivity (Wildman–Crippen MR) is 24.8 cm³/mol. The zero-order chi connectivity index (χ0) is 5.82. The highest BCUT2D eigenvalue weighted by atomic mass is 17.3. The summed E-state index contributed by atoms with van der Waals surface area (Å²) >= 11 is 0. The van der Waals surface area contributed by atoms with Crippen molar-refractivity contribution in [2.45, 2.75) is 0 Å². The Morgan fingerprint density at radius 2 is 2.50 bits per heavy atom. The van der Waals surface area contributed by atoms with Gasteiger partial charge in [0.1, 0.15) is 12.5 Å². The van der Waals surface area contributed by atoms with Crippen LogP contribution in [0.15, 0.2) is 17.5 Å². The second kappa shape index (κ2) is 2.11. The number of nitrogens with zero attached hydrogens (tertiary/aromatic N) is 1. The Labute approximate surface area is 45.3 Å². The molecule has 0 bridgehead atoms. The van der Waals surface area contributed by atoms with Crippen LogP contribution in [0.3, 0.4) is 0 Å². The number of hydrogen-bond acceptors (Lipinski definition) is 4. The van der Waals surface area contributed by atoms with Gasteiger partial charge in [0, 0.05) is 6.08 Å². The van der Waals surface area contributed by atoms with Crippen LogP contribution in [0.1, 0.15) is 0 Å². The highest BCUT2D eigenvalue weighted by molar-refractivity contribution is 6.32. The Hall–Kier alpha value is -1.32. The molecule has 0 amide bonds. The van der Waals surface area contributed by atoms with Gasteiger partial charge in [-0.15, -0.1) is 0 Å². The van der Waals surface area contributed by atoms with Crippen molar-refractivity contribution in [3.05, 3.63) is 12.3 Å². The number of carbonyl (C=O) groups excluding carboxylic acids is 1. The van der Waals surface area contributed by atoms with Crippen LogP contribution in [-0.4, -0.2) is 12.0 Å². The molecule has 1 aliphatic heterocycles. The summed E-state index contributed by atoms with van der Waals surface area (Å²) in [5, 5.41) is 3.09. The first kappa shape index (κ1) is 4.83. The molecule has 0 N–H and O–H groups in total. The van der Waals surface area contributed by atoms with Crippen molar-refractivity contribution in [2.75, 3.05) is 0 Å². The lowest BCUT2D eigenvalue weighted by molar-refractivity contribution is -0.248. The molecule has 0 fully saturated rings. The highest BCUT2D eigenvalue weighted by Gasteiger charge is 1.93. The molecule has 42 valence electrons. The van der Waals surface area contributed by atoms with Gasteiger partial charge in [-0.25, -0.2) is 0 Å². The van der Waals surface area contributed by atoms with Crippen molar-refractivity contribution < 1.29 is 14.7 Å². The van der Waals surface area contributed by atoms with Crippen LogP contribution >= 0.6 is 0 Å². The average Bonchev–Trinajstić information content (AvgIpc) is 1.94. The molecule has 8 heavy (non-hydrogen) atoms. The fourth-order valence-corrected chi connectivity index (χ4v) is 0.261. The molecule has 0 aromatic heterocycles. The van der Waals surface area contributed by atoms with Crippen molar-refractivity contribution in [2.24, 2.45) is 5.16 Å². The molecule has 0 saturated carbocycles. The summed E-state index contributed by atoms with van der Waals surface area (Å²) in [4.78, 5) is 18.5. The fourth-order valence-electron chi connectivity index (χ4n) is 0.261. The van der Waals surface area contributed by atoms with Gasteiger partial charge >= 0.3 is 0 Å². The van der Waals surface area contributed by atoms with Crippen LogP contribution in [-0.2, 0) is 14.7 Å². The summed E-state index contributed by atoms with van der Waals surface area (Å²) in [6.45, 7) is 0. The van der Waals surface area contributed by atoms with Crippen molar-refractivity contribution in [1.29, 1.82) is 0 Å². The molecule has 1 aliphatic rings. The van der Waals surface area contributed by atoms with Gasteiger partial charge in [-0.2, -0.15) is 4.99 Å². The Bertz CT molecular complexity index is 133. The van der Waals surface area contributed by atoms with Crippen LogP contribution in [0.5, 0.6) is 0 Å². The molecule has 1 heterocycles. The Morgan fingerprint density at radius 3 is 3.38 bits per heavy atom. The van der Waals surface area contributed by atoms with Crippen LogP contribution in [0.2, 0.25) is 0 Å². The molecular weight excluding hydrogens is 110 g/mol. The lowest BCUT2D eigenvalue weighted by Gasteiger charge is -1.84. The van der Waals surface area contributed by atoms with E-state index in [4.69, 9.17) is 0 Å². The number of carbonyl (C=O) groups is 1. The summed E-state index contributed by atoms with van der Waals surface area (Å²) in [6.07, 6.45) is 3.34. The third-order valence-corrected chi connectivity index (χ3v) is 0.554. The van der Waals surface area contributed by atoms with E-state index in [0.717, 1.165) is 12.5 Å². The Kier molecular flexibility index (Phi) is 1.27. The molecule has 0 aromatic rings. The summed E-state index contributed by atoms with van der Waals surface area (Å²) in [6, 6.07) is 0. The van der Waals surface area contributed by atoms with E-state index in [1.807, 2.05) is 0 Å². The standard InChI is InChI=1S/C4H3NO3/c6-4-1-2-7-8-5-3-4/h1-3H. The quantitative estimate of drug-likeness (QED) is 0.416. The molecule has 0 aromatic carbocycles. The predicted octanol–water partition coefficient (Wildman–Crippen LogP) is 0.0168. The van der Waals surface area contributed by atoms with Crippen LogP contribution in [0, 0.1) is 0 Å². The average molecular weight is 113 g/mol. The maximum Gasteiger partial charge on any atom is 0.203 e. The van der Waals surface area contributed by atoms with E-state index in [9.17, 15) is 4.79 Å². The number of rotatable bonds is 0. The highest BCUT2D eigenvalue weighted by Crippen LogP contribution is 1.86. The third kappa shape index (κ3) is 1.07. The van der Waals surface area contributed by atoms with Gasteiger partial charge in [-0.3, -0.25) is 9.68 Å². The summed E-state index contributed by atoms with van der Waals surface area (Å²) in [7, 11) is 0. The topological polar surface area (TPSA) is 47.9 Å². The van der Waals surface area contributed by atoms with Crippen LogP contribution < -0.4 is 0 Å². The smallest absolute Gasteiger partial charge is 0.203 e. The van der Waals surface area contributed by atoms with Gasteiger partial charge in [0.25, 0.3) is 0 Å². The van der Waals surface area contributed by atoms with Gasteiger partial charge in [-0.1, -0.05) is 0 Å². The second-order valence-corrected chi connectivity index (χ2v) is 1.11. The minimum Gasteiger partial charge on any atom is -0.288 e. The van der Waals surface area contributed by atoms with Crippen LogP contribution in [0.4, 0.5) is 0 Å². The minimum atomic E-state index is -0.248. The van der Waals surface area contributed by atoms with E-state index in [0.29, 0.717) is 0 Å². The van der Waals surface area contributed by atoms with E-state index in [2.05, 4.69) is 15.0 Å². The second-order valence-electron chi connectivity index (χ2n) is 1.11. The van der Waals surface area contributed by atoms with Gasteiger partial charge in [0.15, 0.2) is 0 Å². The number of hydrogen-bond donors (Lipinski definition) is 0. The first-order valence-electron chi connectivity index (χ1n) is 1.96. The van der Waals surface area contributed by atoms with E-state index in [1.54, 1.807) is 0 Å². The molecule has 0 atom stereocenters. The molecule has 1 rings (SSSR count). The number of oxime groups is 1. The monoisotopic (exact) mass is 113 g/mol. The van der Waals surface area contributed by atoms with Gasteiger partial charge < -0.3 is 0 Å². The van der Waals surface area contributed by atoms with Crippen molar-refractivity contribution >= 4 is 12.0 Å². The molecule has 0 spiro atoms. The summed E-state index contributed by atoms with van der Waals surface area (Å²) in [5.41, 5.74) is 0. The number of ketones is 1. The summed E-state index contributed by atoms with van der Waals surface area (Å²) in [5.74, 6) is -0.248. The molecule has 0 aliphatic carbocycles. The van der Waals surface area contributed by atoms with Crippen molar-refractivity contribution in [1.82, 2.24) is 0 Å². The number of allylic oxidation sites excluding steroid dienone is 1. The van der Waals surface area contributed by atoms with Crippen molar-refractivity contribution in [3.63, 3.8) is 0 Å². The zero-order valence-electron chi connectivity index (χ0n) is 3.90. The Morgan fingerprint density at radius 1 is 1.62 bits per heavy atom. The van der Waals surface area contributed by atoms with Crippen LogP contribution in [0.25, 0.3) is 0 Å². The maximum absolute atomic E-state index is 10.3. The third-order valence-electron chi connectivity index (χ3n) is 0.554. The lowest BCUT2D eigenvalue weighted by atomic mass is 10.4. The fraction of sp³-hybridized carbons (Fsp3) is 0. The van der Waals surface area contributed by atoms with E-state index < -0.39 is 0 Å². The van der Waals surface area contributed by atoms with Gasteiger partial charge in [0.05, 0.1) is 0 Å². The first-order valence-corrected chi connectivity index (χ1v) is 1.96. The molecular formula is C4H3NO3. The van der Waals surface area contributed by atoms with Gasteiger partial charge in [0.2, 0.25) is 5.78 Å². The SMILES string of the molecule is O=C1C=COON=C1. The van der Waals surface area contributed by atoms with E-state index >= 15 is 0 Å². The molecule has 0 radical (unpaired) electrons.